The van der Waals surface area contributed by atoms with Crippen molar-refractivity contribution in [2.45, 2.75) is 0 Å². The fourth-order valence-electron chi connectivity index (χ4n) is 8.99. The largest absolute Gasteiger partial charge is 0.309 e. The molecule has 3 heterocycles. The lowest BCUT2D eigenvalue weighted by molar-refractivity contribution is 1.01. The Hall–Kier alpha value is -7.56. The van der Waals surface area contributed by atoms with Crippen molar-refractivity contribution in [1.29, 1.82) is 0 Å². The molecule has 0 spiro atoms. The first kappa shape index (κ1) is 30.9. The van der Waals surface area contributed by atoms with Crippen molar-refractivity contribution in [2.75, 3.05) is 0 Å². The number of hydrogen-bond acceptors (Lipinski definition) is 2. The summed E-state index contributed by atoms with van der Waals surface area (Å²) in [7, 11) is 0. The molecule has 0 fully saturated rings. The molecule has 0 saturated carbocycles. The molecule has 0 bridgehead atoms. The van der Waals surface area contributed by atoms with Gasteiger partial charge in [-0.3, -0.25) is 4.57 Å². The fourth-order valence-corrected chi connectivity index (χ4v) is 8.99. The summed E-state index contributed by atoms with van der Waals surface area (Å²) in [5.41, 5.74) is 11.0. The van der Waals surface area contributed by atoms with E-state index in [1.54, 1.807) is 0 Å². The highest BCUT2D eigenvalue weighted by Gasteiger charge is 2.21. The van der Waals surface area contributed by atoms with Gasteiger partial charge >= 0.3 is 0 Å². The van der Waals surface area contributed by atoms with E-state index in [1.807, 2.05) is 0 Å². The van der Waals surface area contributed by atoms with Crippen LogP contribution in [-0.2, 0) is 0 Å². The van der Waals surface area contributed by atoms with Crippen LogP contribution < -0.4 is 0 Å². The molecule has 0 N–H and O–H groups in total. The molecule has 260 valence electrons. The van der Waals surface area contributed by atoms with Gasteiger partial charge in [-0.15, -0.1) is 0 Å². The van der Waals surface area contributed by atoms with Gasteiger partial charge in [0.15, 0.2) is 0 Å². The highest BCUT2D eigenvalue weighted by molar-refractivity contribution is 6.22. The summed E-state index contributed by atoms with van der Waals surface area (Å²) in [4.78, 5) is 10.8. The van der Waals surface area contributed by atoms with Crippen molar-refractivity contribution in [1.82, 2.24) is 19.1 Å². The first-order valence-electron chi connectivity index (χ1n) is 19.1. The molecule has 0 amide bonds. The first-order valence-corrected chi connectivity index (χ1v) is 19.1. The number of benzene rings is 9. The normalized spacial score (nSPS) is 11.9. The lowest BCUT2D eigenvalue weighted by Crippen LogP contribution is -2.03. The highest BCUT2D eigenvalue weighted by Crippen LogP contribution is 2.41. The summed E-state index contributed by atoms with van der Waals surface area (Å²) in [6, 6.07) is 69.7. The van der Waals surface area contributed by atoms with Crippen molar-refractivity contribution < 1.29 is 0 Å². The minimum Gasteiger partial charge on any atom is -0.309 e. The van der Waals surface area contributed by atoms with Gasteiger partial charge in [-0.1, -0.05) is 146 Å². The molecule has 12 rings (SSSR count). The number of fused-ring (bicyclic) bond motifs is 10. The van der Waals surface area contributed by atoms with Crippen molar-refractivity contribution in [3.8, 4) is 34.0 Å². The molecule has 0 aliphatic rings. The molecular weight excluding hydrogens is 681 g/mol. The second-order valence-corrected chi connectivity index (χ2v) is 14.6. The monoisotopic (exact) mass is 712 g/mol. The van der Waals surface area contributed by atoms with E-state index >= 15 is 0 Å². The van der Waals surface area contributed by atoms with Crippen LogP contribution in [0.15, 0.2) is 194 Å². The lowest BCUT2D eigenvalue weighted by atomic mass is 9.99. The number of rotatable bonds is 4. The molecule has 0 aliphatic carbocycles. The zero-order chi connectivity index (χ0) is 36.7. The third kappa shape index (κ3) is 4.53. The van der Waals surface area contributed by atoms with Crippen molar-refractivity contribution in [2.24, 2.45) is 0 Å². The Morgan fingerprint density at radius 1 is 0.339 bits per heavy atom. The molecule has 0 atom stereocenters. The predicted octanol–water partition coefficient (Wildman–Crippen LogP) is 13.5. The zero-order valence-corrected chi connectivity index (χ0v) is 30.3. The topological polar surface area (TPSA) is 35.6 Å². The molecule has 0 radical (unpaired) electrons. The third-order valence-electron chi connectivity index (χ3n) is 11.5. The first-order chi connectivity index (χ1) is 27.8. The summed E-state index contributed by atoms with van der Waals surface area (Å²) >= 11 is 0. The number of para-hydroxylation sites is 3. The van der Waals surface area contributed by atoms with Crippen LogP contribution in [-0.4, -0.2) is 19.1 Å². The summed E-state index contributed by atoms with van der Waals surface area (Å²) in [5, 5.41) is 10.7. The van der Waals surface area contributed by atoms with Gasteiger partial charge in [0.25, 0.3) is 0 Å². The van der Waals surface area contributed by atoms with Crippen molar-refractivity contribution >= 4 is 76.1 Å². The smallest absolute Gasteiger partial charge is 0.235 e. The number of nitrogens with zero attached hydrogens (tertiary/aromatic N) is 4. The van der Waals surface area contributed by atoms with Crippen LogP contribution in [0.1, 0.15) is 0 Å². The van der Waals surface area contributed by atoms with E-state index in [9.17, 15) is 0 Å². The predicted molar refractivity (Wildman–Crippen MR) is 234 cm³/mol. The number of hydrogen-bond donors (Lipinski definition) is 0. The minimum absolute atomic E-state index is 0.656. The van der Waals surface area contributed by atoms with E-state index in [1.165, 1.54) is 59.7 Å². The van der Waals surface area contributed by atoms with Crippen LogP contribution in [0.4, 0.5) is 0 Å². The average Bonchev–Trinajstić information content (AvgIpc) is 3.78. The zero-order valence-electron chi connectivity index (χ0n) is 30.3. The Morgan fingerprint density at radius 2 is 0.964 bits per heavy atom. The van der Waals surface area contributed by atoms with Crippen LogP contribution in [0.3, 0.4) is 0 Å². The maximum atomic E-state index is 5.47. The van der Waals surface area contributed by atoms with Gasteiger partial charge < -0.3 is 4.57 Å². The molecule has 9 aromatic carbocycles. The van der Waals surface area contributed by atoms with E-state index in [0.29, 0.717) is 5.95 Å². The SMILES string of the molecule is c1ccc(-n2c3ccccc3c3ccc(-c4ccc5c(c4)c4c6ccccc6ccc4n5-c4nc(-c5cccc6ccccc56)c5ccccc5n4)cc32)cc1. The summed E-state index contributed by atoms with van der Waals surface area (Å²) in [6.07, 6.45) is 0. The summed E-state index contributed by atoms with van der Waals surface area (Å²) in [5.74, 6) is 0.656. The van der Waals surface area contributed by atoms with E-state index in [4.69, 9.17) is 9.97 Å². The quantitative estimate of drug-likeness (QED) is 0.182. The second kappa shape index (κ2) is 12.0. The van der Waals surface area contributed by atoms with Crippen LogP contribution >= 0.6 is 0 Å². The van der Waals surface area contributed by atoms with Gasteiger partial charge in [-0.25, -0.2) is 9.97 Å². The Labute approximate surface area is 322 Å². The van der Waals surface area contributed by atoms with E-state index in [0.717, 1.165) is 44.4 Å². The maximum Gasteiger partial charge on any atom is 0.235 e. The lowest BCUT2D eigenvalue weighted by Gasteiger charge is -2.13. The van der Waals surface area contributed by atoms with Gasteiger partial charge in [-0.05, 0) is 81.2 Å². The molecule has 3 aromatic heterocycles. The van der Waals surface area contributed by atoms with E-state index in [2.05, 4.69) is 203 Å². The molecule has 0 saturated heterocycles. The second-order valence-electron chi connectivity index (χ2n) is 14.6. The van der Waals surface area contributed by atoms with E-state index < -0.39 is 0 Å². The van der Waals surface area contributed by atoms with Gasteiger partial charge in [0.05, 0.1) is 33.3 Å². The van der Waals surface area contributed by atoms with Crippen LogP contribution in [0.25, 0.3) is 110 Å². The molecule has 4 heteroatoms. The van der Waals surface area contributed by atoms with Crippen molar-refractivity contribution in [3.05, 3.63) is 194 Å². The molecule has 0 unspecified atom stereocenters. The van der Waals surface area contributed by atoms with E-state index in [-0.39, 0.29) is 0 Å². The van der Waals surface area contributed by atoms with Crippen LogP contribution in [0.2, 0.25) is 0 Å². The molecule has 56 heavy (non-hydrogen) atoms. The van der Waals surface area contributed by atoms with Gasteiger partial charge in [0.2, 0.25) is 5.95 Å². The fraction of sp³-hybridized carbons (Fsp3) is 0. The maximum absolute atomic E-state index is 5.47. The summed E-state index contributed by atoms with van der Waals surface area (Å²) in [6.45, 7) is 0. The highest BCUT2D eigenvalue weighted by atomic mass is 15.2. The Balaban J connectivity index is 1.13. The molecule has 4 nitrogen and oxygen atoms in total. The Bertz CT molecular complexity index is 3530. The minimum atomic E-state index is 0.656. The molecule has 12 aromatic rings. The molecule has 0 aliphatic heterocycles. The molecular formula is C52H32N4. The van der Waals surface area contributed by atoms with Gasteiger partial charge in [0, 0.05) is 38.2 Å². The Morgan fingerprint density at radius 3 is 1.84 bits per heavy atom. The van der Waals surface area contributed by atoms with Crippen LogP contribution in [0, 0.1) is 0 Å². The standard InChI is InChI=1S/C52H32N4/c1-2-16-37(17-3-1)55-46-24-11-9-20-40(46)41-28-25-36(32-49(41)55)35-27-29-47-44(31-35)50-39-19-7-5-14-34(39)26-30-48(50)56(47)52-53-45-23-10-8-21-43(45)51(54-52)42-22-12-15-33-13-4-6-18-38(33)42/h1-32H. The third-order valence-corrected chi connectivity index (χ3v) is 11.5. The Kier molecular flexibility index (Phi) is 6.60. The average molecular weight is 713 g/mol. The van der Waals surface area contributed by atoms with Crippen molar-refractivity contribution in [3.63, 3.8) is 0 Å². The van der Waals surface area contributed by atoms with Gasteiger partial charge in [-0.2, -0.15) is 0 Å². The van der Waals surface area contributed by atoms with Crippen LogP contribution in [0.5, 0.6) is 0 Å². The number of aromatic nitrogens is 4. The van der Waals surface area contributed by atoms with Gasteiger partial charge in [0.1, 0.15) is 0 Å². The summed E-state index contributed by atoms with van der Waals surface area (Å²) < 4.78 is 4.65.